The Labute approximate surface area is 402 Å². The summed E-state index contributed by atoms with van der Waals surface area (Å²) in [5, 5.41) is 42.5. The summed E-state index contributed by atoms with van der Waals surface area (Å²) >= 11 is 0. The number of hydrogen-bond acceptors (Lipinski definition) is 11. The molecule has 2 aliphatic heterocycles. The van der Waals surface area contributed by atoms with E-state index in [0.717, 1.165) is 95.6 Å². The van der Waals surface area contributed by atoms with E-state index in [-0.39, 0.29) is 23.1 Å². The van der Waals surface area contributed by atoms with Crippen molar-refractivity contribution in [3.05, 3.63) is 119 Å². The molecule has 2 aliphatic rings. The number of phenols is 2. The summed E-state index contributed by atoms with van der Waals surface area (Å²) < 4.78 is 16.7. The lowest BCUT2D eigenvalue weighted by atomic mass is 9.78. The van der Waals surface area contributed by atoms with Crippen molar-refractivity contribution in [2.75, 3.05) is 58.4 Å². The summed E-state index contributed by atoms with van der Waals surface area (Å²) in [6.07, 6.45) is 15.8. The Morgan fingerprint density at radius 1 is 0.687 bits per heavy atom. The van der Waals surface area contributed by atoms with E-state index in [1.165, 1.54) is 72.9 Å². The Kier molecular flexibility index (Phi) is 22.8. The lowest BCUT2D eigenvalue weighted by molar-refractivity contribution is 0.0461. The first-order chi connectivity index (χ1) is 32.7. The molecule has 4 aromatic carbocycles. The maximum Gasteiger partial charge on any atom is 0.160 e. The average molecular weight is 917 g/mol. The third-order valence-electron chi connectivity index (χ3n) is 13.0. The van der Waals surface area contributed by atoms with Crippen LogP contribution in [0.25, 0.3) is 5.57 Å². The smallest absolute Gasteiger partial charge is 0.160 e. The van der Waals surface area contributed by atoms with E-state index >= 15 is 0 Å². The highest BCUT2D eigenvalue weighted by Gasteiger charge is 2.40. The monoisotopic (exact) mass is 917 g/mol. The van der Waals surface area contributed by atoms with Crippen molar-refractivity contribution >= 4 is 11.3 Å². The van der Waals surface area contributed by atoms with Crippen molar-refractivity contribution < 1.29 is 24.4 Å². The Bertz CT molecular complexity index is 2050. The third kappa shape index (κ3) is 17.2. The highest BCUT2D eigenvalue weighted by molar-refractivity contribution is 5.82. The van der Waals surface area contributed by atoms with Gasteiger partial charge in [0.15, 0.2) is 23.0 Å². The van der Waals surface area contributed by atoms with Gasteiger partial charge >= 0.3 is 0 Å². The fourth-order valence-corrected chi connectivity index (χ4v) is 9.04. The summed E-state index contributed by atoms with van der Waals surface area (Å²) in [5.41, 5.74) is 8.57. The molecule has 67 heavy (non-hydrogen) atoms. The summed E-state index contributed by atoms with van der Waals surface area (Å²) in [6.45, 7) is 15.2. The predicted octanol–water partition coefficient (Wildman–Crippen LogP) is 10.5. The highest BCUT2D eigenvalue weighted by Crippen LogP contribution is 2.46. The van der Waals surface area contributed by atoms with E-state index < -0.39 is 0 Å². The maximum atomic E-state index is 9.63. The molecule has 2 unspecified atom stereocenters. The molecule has 0 spiro atoms. The van der Waals surface area contributed by atoms with Gasteiger partial charge in [0.1, 0.15) is 6.23 Å². The first-order valence-electron chi connectivity index (χ1n) is 24.9. The van der Waals surface area contributed by atoms with E-state index in [1.54, 1.807) is 32.4 Å². The molecule has 0 radical (unpaired) electrons. The molecule has 364 valence electrons. The number of benzene rings is 4. The summed E-state index contributed by atoms with van der Waals surface area (Å²) in [5.74, 6) is 1.37. The summed E-state index contributed by atoms with van der Waals surface area (Å²) in [6, 6.07) is 31.0. The molecule has 2 atom stereocenters. The molecule has 6 rings (SSSR count). The van der Waals surface area contributed by atoms with Crippen LogP contribution in [0.15, 0.2) is 91.0 Å². The molecule has 4 aromatic rings. The number of anilines is 1. The number of unbranched alkanes of at least 4 members (excludes halogenated alkanes) is 4. The minimum Gasteiger partial charge on any atom is -0.504 e. The van der Waals surface area contributed by atoms with Crippen molar-refractivity contribution in [2.24, 2.45) is 0 Å². The van der Waals surface area contributed by atoms with E-state index in [0.29, 0.717) is 24.1 Å². The number of nitriles is 1. The Balaban J connectivity index is 0.000000251. The van der Waals surface area contributed by atoms with E-state index in [9.17, 15) is 15.5 Å². The normalized spacial score (nSPS) is 15.9. The fraction of sp³-hybridized carbons (Fsp3) is 0.518. The van der Waals surface area contributed by atoms with Gasteiger partial charge < -0.3 is 50.6 Å². The molecule has 0 saturated carbocycles. The van der Waals surface area contributed by atoms with Gasteiger partial charge in [-0.15, -0.1) is 0 Å². The molecule has 1 saturated heterocycles. The Morgan fingerprint density at radius 3 is 1.87 bits per heavy atom. The van der Waals surface area contributed by atoms with Gasteiger partial charge in [-0.05, 0) is 154 Å². The number of methoxy groups -OCH3 is 2. The molecule has 0 aliphatic carbocycles. The molecule has 6 N–H and O–H groups in total. The molecule has 11 nitrogen and oxygen atoms in total. The summed E-state index contributed by atoms with van der Waals surface area (Å²) in [4.78, 5) is 2.52. The van der Waals surface area contributed by atoms with Crippen LogP contribution in [0.5, 0.6) is 23.0 Å². The van der Waals surface area contributed by atoms with Crippen LogP contribution in [0, 0.1) is 11.3 Å². The number of phenolic OH excluding ortho intramolecular Hbond substituents is 2. The molecular weight excluding hydrogens is 837 g/mol. The largest absolute Gasteiger partial charge is 0.504 e. The van der Waals surface area contributed by atoms with E-state index in [1.807, 2.05) is 30.3 Å². The number of rotatable bonds is 28. The third-order valence-corrected chi connectivity index (χ3v) is 13.0. The molecule has 11 heteroatoms. The zero-order valence-corrected chi connectivity index (χ0v) is 41.2. The second kappa shape index (κ2) is 28.9. The van der Waals surface area contributed by atoms with Crippen molar-refractivity contribution in [1.82, 2.24) is 21.3 Å². The molecule has 2 heterocycles. The minimum absolute atomic E-state index is 0.0838. The fourth-order valence-electron chi connectivity index (χ4n) is 9.04. The zero-order chi connectivity index (χ0) is 47.7. The van der Waals surface area contributed by atoms with Gasteiger partial charge in [0.25, 0.3) is 0 Å². The number of allylic oxidation sites excluding steroid dienone is 1. The van der Waals surface area contributed by atoms with E-state index in [4.69, 9.17) is 14.2 Å². The lowest BCUT2D eigenvalue weighted by Gasteiger charge is -2.39. The number of hydrogen-bond donors (Lipinski definition) is 6. The van der Waals surface area contributed by atoms with Gasteiger partial charge in [-0.25, -0.2) is 0 Å². The SMILES string of the molecule is CCCCCCC(C)(C)c1ccc2c(c1)N1C(CCC1OCc1ccccc1)CC2=CC#N.COc1cc(CNCCCNCCCCNCCCNCc2ccc(O)c(OC)c2)ccc1O. The van der Waals surface area contributed by atoms with Crippen LogP contribution >= 0.6 is 0 Å². The van der Waals surface area contributed by atoms with Gasteiger partial charge in [0.05, 0.1) is 26.9 Å². The molecular formula is C56H80N6O5. The average Bonchev–Trinajstić information content (AvgIpc) is 3.76. The van der Waals surface area contributed by atoms with E-state index in [2.05, 4.69) is 95.5 Å². The van der Waals surface area contributed by atoms with Crippen LogP contribution in [0.3, 0.4) is 0 Å². The lowest BCUT2D eigenvalue weighted by Crippen LogP contribution is -2.41. The predicted molar refractivity (Wildman–Crippen MR) is 274 cm³/mol. The van der Waals surface area contributed by atoms with Crippen LogP contribution in [0.4, 0.5) is 5.69 Å². The molecule has 0 bridgehead atoms. The van der Waals surface area contributed by atoms with Gasteiger partial charge in [0.2, 0.25) is 0 Å². The molecule has 1 fully saturated rings. The summed E-state index contributed by atoms with van der Waals surface area (Å²) in [7, 11) is 3.12. The Hall–Kier alpha value is -5.09. The van der Waals surface area contributed by atoms with Crippen molar-refractivity contribution in [3.8, 4) is 29.1 Å². The topological polar surface area (TPSA) is 143 Å². The standard InChI is InChI=1S/C30H38N2O.C26H42N4O4/c1-4-5-6-10-18-30(2,3)25-13-15-27-24(17-19-31)20-26-14-16-29(32(26)28(27)21-25)33-22-23-11-8-7-9-12-23;1-33-25-17-21(7-9-23(25)31)19-29-15-5-13-27-11-3-4-12-28-14-6-16-30-20-22-8-10-24(32)26(18-22)34-2/h7-9,11-13,15,17,21,26,29H,4-6,10,14,16,18,20,22H2,1-3H3;7-10,17-18,27-32H,3-6,11-16,19-20H2,1-2H3. The first kappa shape index (κ1) is 52.9. The molecule has 0 aromatic heterocycles. The minimum atomic E-state index is 0.0838. The second-order valence-corrected chi connectivity index (χ2v) is 18.6. The second-order valence-electron chi connectivity index (χ2n) is 18.6. The van der Waals surface area contributed by atoms with Crippen molar-refractivity contribution in [2.45, 2.75) is 135 Å². The number of fused-ring (bicyclic) bond motifs is 3. The zero-order valence-electron chi connectivity index (χ0n) is 41.2. The van der Waals surface area contributed by atoms with Gasteiger partial charge in [0, 0.05) is 36.5 Å². The number of aromatic hydroxyl groups is 2. The highest BCUT2D eigenvalue weighted by atomic mass is 16.5. The van der Waals surface area contributed by atoms with Gasteiger partial charge in [-0.2, -0.15) is 5.26 Å². The molecule has 0 amide bonds. The Morgan fingerprint density at radius 2 is 1.28 bits per heavy atom. The van der Waals surface area contributed by atoms with Crippen LogP contribution in [-0.4, -0.2) is 76.0 Å². The quantitative estimate of drug-likeness (QED) is 0.0239. The van der Waals surface area contributed by atoms with Gasteiger partial charge in [-0.3, -0.25) is 0 Å². The van der Waals surface area contributed by atoms with Crippen molar-refractivity contribution in [3.63, 3.8) is 0 Å². The van der Waals surface area contributed by atoms with Crippen LogP contribution in [-0.2, 0) is 29.8 Å². The van der Waals surface area contributed by atoms with Crippen LogP contribution in [0.2, 0.25) is 0 Å². The van der Waals surface area contributed by atoms with Gasteiger partial charge in [-0.1, -0.05) is 101 Å². The maximum absolute atomic E-state index is 9.63. The number of ether oxygens (including phenoxy) is 3. The number of nitrogens with zero attached hydrogens (tertiary/aromatic N) is 2. The van der Waals surface area contributed by atoms with Crippen LogP contribution in [0.1, 0.15) is 126 Å². The number of nitrogens with one attached hydrogen (secondary N) is 4. The first-order valence-corrected chi connectivity index (χ1v) is 24.9. The van der Waals surface area contributed by atoms with Crippen molar-refractivity contribution in [1.29, 1.82) is 5.26 Å². The van der Waals surface area contributed by atoms with Crippen LogP contribution < -0.4 is 35.6 Å².